The summed E-state index contributed by atoms with van der Waals surface area (Å²) in [5, 5.41) is 14.9. The molecular formula is C10H13NO4S2. The number of ether oxygens (including phenoxy) is 1. The van der Waals surface area contributed by atoms with Gasteiger partial charge in [-0.15, -0.1) is 0 Å². The molecule has 1 aromatic rings. The van der Waals surface area contributed by atoms with Gasteiger partial charge >= 0.3 is 0 Å². The number of hydrogen-bond donors (Lipinski definition) is 2. The average molecular weight is 275 g/mol. The standard InChI is InChI=1S/C10H13NO4S2/c11-17(13,14)9-4-2-1-3-8(9)10(12)15-7-5-16-6-7/h1-4,7,10,12H,5-6H2,(H2,11,13,14). The molecule has 3 N–H and O–H groups in total. The first kappa shape index (κ1) is 12.8. The van der Waals surface area contributed by atoms with Gasteiger partial charge in [0.05, 0.1) is 11.0 Å². The first-order valence-corrected chi connectivity index (χ1v) is 7.71. The summed E-state index contributed by atoms with van der Waals surface area (Å²) >= 11 is 1.71. The van der Waals surface area contributed by atoms with Gasteiger partial charge in [-0.1, -0.05) is 18.2 Å². The Kier molecular flexibility index (Phi) is 3.74. The third-order valence-corrected chi connectivity index (χ3v) is 4.62. The van der Waals surface area contributed by atoms with Crippen LogP contribution in [0.5, 0.6) is 0 Å². The van der Waals surface area contributed by atoms with E-state index < -0.39 is 16.3 Å². The fourth-order valence-corrected chi connectivity index (χ4v) is 2.84. The third kappa shape index (κ3) is 2.99. The van der Waals surface area contributed by atoms with Crippen LogP contribution in [0.1, 0.15) is 11.9 Å². The van der Waals surface area contributed by atoms with E-state index in [1.165, 1.54) is 12.1 Å². The van der Waals surface area contributed by atoms with Crippen LogP contribution in [-0.2, 0) is 14.8 Å². The second-order valence-electron chi connectivity index (χ2n) is 3.73. The van der Waals surface area contributed by atoms with Gasteiger partial charge in [0.2, 0.25) is 10.0 Å². The Morgan fingerprint density at radius 1 is 1.41 bits per heavy atom. The molecule has 1 heterocycles. The van der Waals surface area contributed by atoms with Gasteiger partial charge in [-0.05, 0) is 6.07 Å². The molecule has 94 valence electrons. The van der Waals surface area contributed by atoms with Crippen molar-refractivity contribution in [1.82, 2.24) is 0 Å². The summed E-state index contributed by atoms with van der Waals surface area (Å²) < 4.78 is 28.0. The molecule has 1 saturated heterocycles. The second-order valence-corrected chi connectivity index (χ2v) is 6.34. The van der Waals surface area contributed by atoms with Crippen LogP contribution in [0.2, 0.25) is 0 Å². The first-order valence-electron chi connectivity index (χ1n) is 5.01. The highest BCUT2D eigenvalue weighted by atomic mass is 32.2. The number of sulfonamides is 1. The molecule has 1 aliphatic heterocycles. The zero-order valence-corrected chi connectivity index (χ0v) is 10.6. The van der Waals surface area contributed by atoms with Gasteiger partial charge in [-0.2, -0.15) is 11.8 Å². The number of aliphatic hydroxyl groups excluding tert-OH is 1. The lowest BCUT2D eigenvalue weighted by molar-refractivity contribution is -0.130. The molecule has 0 aromatic heterocycles. The Hall–Kier alpha value is -0.600. The van der Waals surface area contributed by atoms with Crippen molar-refractivity contribution < 1.29 is 18.3 Å². The normalized spacial score (nSPS) is 18.7. The van der Waals surface area contributed by atoms with E-state index in [9.17, 15) is 13.5 Å². The van der Waals surface area contributed by atoms with Gasteiger partial charge in [0.25, 0.3) is 0 Å². The maximum atomic E-state index is 11.3. The molecule has 2 rings (SSSR count). The predicted octanol–water partition coefficient (Wildman–Crippen LogP) is 0.457. The summed E-state index contributed by atoms with van der Waals surface area (Å²) in [6.07, 6.45) is -1.28. The predicted molar refractivity (Wildman–Crippen MR) is 65.0 cm³/mol. The van der Waals surface area contributed by atoms with E-state index in [4.69, 9.17) is 9.88 Å². The number of nitrogens with two attached hydrogens (primary N) is 1. The highest BCUT2D eigenvalue weighted by Gasteiger charge is 2.26. The topological polar surface area (TPSA) is 89.6 Å². The summed E-state index contributed by atoms with van der Waals surface area (Å²) in [4.78, 5) is -0.0977. The van der Waals surface area contributed by atoms with Gasteiger partial charge in [-0.3, -0.25) is 0 Å². The van der Waals surface area contributed by atoms with Gasteiger partial charge in [-0.25, -0.2) is 13.6 Å². The Balaban J connectivity index is 2.24. The third-order valence-electron chi connectivity index (χ3n) is 2.42. The van der Waals surface area contributed by atoms with Gasteiger partial charge in [0.15, 0.2) is 6.29 Å². The van der Waals surface area contributed by atoms with E-state index in [-0.39, 0.29) is 16.6 Å². The van der Waals surface area contributed by atoms with Gasteiger partial charge in [0.1, 0.15) is 0 Å². The molecular weight excluding hydrogens is 262 g/mol. The quantitative estimate of drug-likeness (QED) is 0.779. The van der Waals surface area contributed by atoms with Crippen LogP contribution in [0.3, 0.4) is 0 Å². The molecule has 1 aromatic carbocycles. The van der Waals surface area contributed by atoms with Crippen LogP contribution in [0.15, 0.2) is 29.2 Å². The maximum Gasteiger partial charge on any atom is 0.238 e. The van der Waals surface area contributed by atoms with Crippen LogP contribution >= 0.6 is 11.8 Å². The molecule has 0 aliphatic carbocycles. The molecule has 1 fully saturated rings. The summed E-state index contributed by atoms with van der Waals surface area (Å²) in [5.74, 6) is 1.63. The van der Waals surface area contributed by atoms with Gasteiger partial charge in [0, 0.05) is 17.1 Å². The minimum atomic E-state index is -3.85. The monoisotopic (exact) mass is 275 g/mol. The molecule has 1 atom stereocenters. The van der Waals surface area contributed by atoms with Gasteiger partial charge < -0.3 is 9.84 Å². The summed E-state index contributed by atoms with van der Waals surface area (Å²) in [5.41, 5.74) is 0.187. The molecule has 0 spiro atoms. The van der Waals surface area contributed by atoms with Crippen molar-refractivity contribution in [3.63, 3.8) is 0 Å². The Labute approximate surface area is 104 Å². The number of hydrogen-bond acceptors (Lipinski definition) is 5. The fraction of sp³-hybridized carbons (Fsp3) is 0.400. The van der Waals surface area contributed by atoms with E-state index in [0.717, 1.165) is 11.5 Å². The fourth-order valence-electron chi connectivity index (χ4n) is 1.49. The number of primary sulfonamides is 1. The molecule has 7 heteroatoms. The Bertz CT molecular complexity index is 499. The van der Waals surface area contributed by atoms with Crippen LogP contribution in [0.4, 0.5) is 0 Å². The molecule has 5 nitrogen and oxygen atoms in total. The highest BCUT2D eigenvalue weighted by molar-refractivity contribution is 8.00. The molecule has 17 heavy (non-hydrogen) atoms. The SMILES string of the molecule is NS(=O)(=O)c1ccccc1C(O)OC1CSC1. The van der Waals surface area contributed by atoms with Crippen molar-refractivity contribution in [2.45, 2.75) is 17.3 Å². The minimum absolute atomic E-state index is 0.0245. The zero-order chi connectivity index (χ0) is 12.5. The lowest BCUT2D eigenvalue weighted by Gasteiger charge is -2.28. The van der Waals surface area contributed by atoms with Crippen molar-refractivity contribution in [2.75, 3.05) is 11.5 Å². The first-order chi connectivity index (χ1) is 7.98. The largest absolute Gasteiger partial charge is 0.364 e. The molecule has 0 saturated carbocycles. The van der Waals surface area contributed by atoms with E-state index in [0.29, 0.717) is 0 Å². The van der Waals surface area contributed by atoms with Crippen molar-refractivity contribution in [2.24, 2.45) is 5.14 Å². The van der Waals surface area contributed by atoms with E-state index >= 15 is 0 Å². The molecule has 1 unspecified atom stereocenters. The minimum Gasteiger partial charge on any atom is -0.364 e. The summed E-state index contributed by atoms with van der Waals surface area (Å²) in [7, 11) is -3.85. The number of rotatable bonds is 4. The average Bonchev–Trinajstić information content (AvgIpc) is 2.22. The lowest BCUT2D eigenvalue weighted by atomic mass is 10.2. The van der Waals surface area contributed by atoms with Crippen LogP contribution in [0, 0.1) is 0 Å². The molecule has 0 amide bonds. The second kappa shape index (κ2) is 4.95. The smallest absolute Gasteiger partial charge is 0.238 e. The van der Waals surface area contributed by atoms with Crippen molar-refractivity contribution in [3.05, 3.63) is 29.8 Å². The number of benzene rings is 1. The van der Waals surface area contributed by atoms with E-state index in [1.807, 2.05) is 0 Å². The van der Waals surface area contributed by atoms with E-state index in [2.05, 4.69) is 0 Å². The zero-order valence-electron chi connectivity index (χ0n) is 8.94. The molecule has 0 bridgehead atoms. The summed E-state index contributed by atoms with van der Waals surface area (Å²) in [6, 6.07) is 6.03. The van der Waals surface area contributed by atoms with Crippen LogP contribution in [-0.4, -0.2) is 31.1 Å². The Morgan fingerprint density at radius 2 is 2.06 bits per heavy atom. The number of thioether (sulfide) groups is 1. The molecule has 0 radical (unpaired) electrons. The van der Waals surface area contributed by atoms with Crippen molar-refractivity contribution in [1.29, 1.82) is 0 Å². The maximum absolute atomic E-state index is 11.3. The number of aliphatic hydroxyl groups is 1. The lowest BCUT2D eigenvalue weighted by Crippen LogP contribution is -2.30. The molecule has 1 aliphatic rings. The Morgan fingerprint density at radius 3 is 2.59 bits per heavy atom. The van der Waals surface area contributed by atoms with E-state index in [1.54, 1.807) is 23.9 Å². The van der Waals surface area contributed by atoms with Crippen molar-refractivity contribution in [3.8, 4) is 0 Å². The summed E-state index contributed by atoms with van der Waals surface area (Å²) in [6.45, 7) is 0. The van der Waals surface area contributed by atoms with Crippen LogP contribution in [0.25, 0.3) is 0 Å². The van der Waals surface area contributed by atoms with Crippen LogP contribution < -0.4 is 5.14 Å². The highest BCUT2D eigenvalue weighted by Crippen LogP contribution is 2.28. The van der Waals surface area contributed by atoms with Crippen molar-refractivity contribution >= 4 is 21.8 Å².